The van der Waals surface area contributed by atoms with Crippen molar-refractivity contribution >= 4 is 16.9 Å². The highest BCUT2D eigenvalue weighted by Crippen LogP contribution is 2.06. The molecule has 0 bridgehead atoms. The van der Waals surface area contributed by atoms with E-state index in [-0.39, 0.29) is 5.39 Å². The first-order valence-corrected chi connectivity index (χ1v) is 3.81. The summed E-state index contributed by atoms with van der Waals surface area (Å²) < 4.78 is 4.49. The second-order valence-corrected chi connectivity index (χ2v) is 2.63. The van der Waals surface area contributed by atoms with Crippen LogP contribution in [0.5, 0.6) is 0 Å². The summed E-state index contributed by atoms with van der Waals surface area (Å²) in [5, 5.41) is 8.85. The number of carboxylic acid groups (broad SMARTS) is 1. The van der Waals surface area contributed by atoms with Crippen LogP contribution in [0.3, 0.4) is 0 Å². The van der Waals surface area contributed by atoms with Gasteiger partial charge in [0.05, 0.1) is 10.9 Å². The SMILES string of the molecule is O=C(O)c1nc2ccccc2c(=O)o1. The number of para-hydroxylation sites is 1. The van der Waals surface area contributed by atoms with Gasteiger partial charge in [0.2, 0.25) is 0 Å². The minimum absolute atomic E-state index is 0.275. The molecule has 2 aromatic rings. The number of hydrogen-bond acceptors (Lipinski definition) is 4. The third-order valence-electron chi connectivity index (χ3n) is 1.72. The van der Waals surface area contributed by atoms with Crippen molar-refractivity contribution in [1.29, 1.82) is 0 Å². The molecule has 1 N–H and O–H groups in total. The van der Waals surface area contributed by atoms with E-state index in [2.05, 4.69) is 9.40 Å². The number of carbonyl (C=O) groups is 1. The van der Waals surface area contributed by atoms with E-state index in [1.54, 1.807) is 18.2 Å². The number of nitrogens with zero attached hydrogens (tertiary/aromatic N) is 1. The minimum Gasteiger partial charge on any atom is -0.474 e. The Balaban J connectivity index is 2.86. The molecule has 2 rings (SSSR count). The number of fused-ring (bicyclic) bond motifs is 1. The summed E-state index contributed by atoms with van der Waals surface area (Å²) >= 11 is 0. The third kappa shape index (κ3) is 1.24. The summed E-state index contributed by atoms with van der Waals surface area (Å²) in [4.78, 5) is 25.4. The Bertz CT molecular complexity index is 558. The standard InChI is InChI=1S/C9H5NO4/c11-8(12)7-10-6-4-2-1-3-5(6)9(13)14-7/h1-4H,(H,11,12). The number of aromatic carboxylic acids is 1. The van der Waals surface area contributed by atoms with Crippen molar-refractivity contribution in [3.8, 4) is 0 Å². The van der Waals surface area contributed by atoms with Crippen LogP contribution in [0, 0.1) is 0 Å². The highest BCUT2D eigenvalue weighted by molar-refractivity contribution is 5.85. The van der Waals surface area contributed by atoms with E-state index in [1.807, 2.05) is 0 Å². The first-order chi connectivity index (χ1) is 6.68. The van der Waals surface area contributed by atoms with Gasteiger partial charge in [0.25, 0.3) is 0 Å². The molecule has 1 heterocycles. The van der Waals surface area contributed by atoms with Crippen LogP contribution in [0.4, 0.5) is 0 Å². The van der Waals surface area contributed by atoms with Gasteiger partial charge in [-0.25, -0.2) is 14.6 Å². The second kappa shape index (κ2) is 2.95. The molecular formula is C9H5NO4. The zero-order valence-corrected chi connectivity index (χ0v) is 6.93. The summed E-state index contributed by atoms with van der Waals surface area (Å²) in [5.41, 5.74) is -0.367. The van der Waals surface area contributed by atoms with Crippen LogP contribution in [0.15, 0.2) is 33.5 Å². The number of rotatable bonds is 1. The summed E-state index contributed by atoms with van der Waals surface area (Å²) in [5.74, 6) is -1.94. The Hall–Kier alpha value is -2.17. The lowest BCUT2D eigenvalue weighted by atomic mass is 10.2. The van der Waals surface area contributed by atoms with E-state index in [1.165, 1.54) is 6.07 Å². The van der Waals surface area contributed by atoms with Gasteiger partial charge in [-0.05, 0) is 12.1 Å². The Labute approximate surface area is 77.6 Å². The molecule has 0 spiro atoms. The van der Waals surface area contributed by atoms with Crippen molar-refractivity contribution < 1.29 is 14.3 Å². The smallest absolute Gasteiger partial charge is 0.392 e. The largest absolute Gasteiger partial charge is 0.474 e. The van der Waals surface area contributed by atoms with Gasteiger partial charge in [0, 0.05) is 0 Å². The fourth-order valence-corrected chi connectivity index (χ4v) is 1.11. The molecule has 14 heavy (non-hydrogen) atoms. The summed E-state index contributed by atoms with van der Waals surface area (Å²) in [6.45, 7) is 0. The third-order valence-corrected chi connectivity index (χ3v) is 1.72. The quantitative estimate of drug-likeness (QED) is 0.723. The van der Waals surface area contributed by atoms with Gasteiger partial charge in [0.1, 0.15) is 0 Å². The Morgan fingerprint density at radius 3 is 2.79 bits per heavy atom. The summed E-state index contributed by atoms with van der Waals surface area (Å²) in [7, 11) is 0. The average Bonchev–Trinajstić information content (AvgIpc) is 2.17. The maximum atomic E-state index is 11.2. The molecule has 0 saturated carbocycles. The van der Waals surface area contributed by atoms with Crippen molar-refractivity contribution in [2.75, 3.05) is 0 Å². The predicted octanol–water partition coefficient (Wildman–Crippen LogP) is 0.886. The van der Waals surface area contributed by atoms with Crippen LogP contribution in [-0.2, 0) is 0 Å². The highest BCUT2D eigenvalue weighted by atomic mass is 16.4. The minimum atomic E-state index is -1.35. The Morgan fingerprint density at radius 2 is 2.07 bits per heavy atom. The summed E-state index contributed by atoms with van der Waals surface area (Å²) in [6.07, 6.45) is 0. The van der Waals surface area contributed by atoms with Gasteiger partial charge in [-0.15, -0.1) is 0 Å². The molecule has 0 aliphatic carbocycles. The van der Waals surface area contributed by atoms with Crippen LogP contribution >= 0.6 is 0 Å². The van der Waals surface area contributed by atoms with E-state index < -0.39 is 17.5 Å². The molecule has 0 atom stereocenters. The zero-order chi connectivity index (χ0) is 10.1. The molecule has 0 saturated heterocycles. The van der Waals surface area contributed by atoms with Gasteiger partial charge in [0.15, 0.2) is 0 Å². The van der Waals surface area contributed by atoms with Crippen molar-refractivity contribution in [3.63, 3.8) is 0 Å². The predicted molar refractivity (Wildman–Crippen MR) is 47.2 cm³/mol. The summed E-state index contributed by atoms with van der Waals surface area (Å²) in [6, 6.07) is 6.40. The topological polar surface area (TPSA) is 80.4 Å². The maximum absolute atomic E-state index is 11.2. The highest BCUT2D eigenvalue weighted by Gasteiger charge is 2.11. The zero-order valence-electron chi connectivity index (χ0n) is 6.93. The number of benzene rings is 1. The van der Waals surface area contributed by atoms with E-state index in [9.17, 15) is 9.59 Å². The molecule has 0 aliphatic heterocycles. The Morgan fingerprint density at radius 1 is 1.36 bits per heavy atom. The van der Waals surface area contributed by atoms with Crippen molar-refractivity contribution in [2.45, 2.75) is 0 Å². The molecule has 0 radical (unpaired) electrons. The average molecular weight is 191 g/mol. The van der Waals surface area contributed by atoms with Crippen molar-refractivity contribution in [2.24, 2.45) is 0 Å². The van der Waals surface area contributed by atoms with Crippen LogP contribution in [-0.4, -0.2) is 16.1 Å². The Kier molecular flexibility index (Phi) is 1.78. The normalized spacial score (nSPS) is 10.3. The van der Waals surface area contributed by atoms with E-state index in [4.69, 9.17) is 5.11 Å². The van der Waals surface area contributed by atoms with Crippen LogP contribution in [0.2, 0.25) is 0 Å². The molecule has 0 fully saturated rings. The number of aromatic nitrogens is 1. The van der Waals surface area contributed by atoms with Crippen LogP contribution in [0.25, 0.3) is 10.9 Å². The van der Waals surface area contributed by atoms with Gasteiger partial charge in [-0.2, -0.15) is 0 Å². The number of carboxylic acids is 1. The first-order valence-electron chi connectivity index (χ1n) is 3.81. The maximum Gasteiger partial charge on any atom is 0.392 e. The molecule has 1 aromatic carbocycles. The lowest BCUT2D eigenvalue weighted by Gasteiger charge is -1.95. The van der Waals surface area contributed by atoms with Gasteiger partial charge < -0.3 is 9.52 Å². The van der Waals surface area contributed by atoms with Crippen molar-refractivity contribution in [3.05, 3.63) is 40.6 Å². The van der Waals surface area contributed by atoms with E-state index in [0.29, 0.717) is 5.52 Å². The molecule has 70 valence electrons. The number of hydrogen-bond donors (Lipinski definition) is 1. The van der Waals surface area contributed by atoms with Gasteiger partial charge >= 0.3 is 17.5 Å². The second-order valence-electron chi connectivity index (χ2n) is 2.63. The van der Waals surface area contributed by atoms with Crippen molar-refractivity contribution in [1.82, 2.24) is 4.98 Å². The molecule has 5 nitrogen and oxygen atoms in total. The molecule has 1 aromatic heterocycles. The molecule has 0 aliphatic rings. The molecule has 0 amide bonds. The lowest BCUT2D eigenvalue weighted by molar-refractivity contribution is 0.0647. The van der Waals surface area contributed by atoms with E-state index in [0.717, 1.165) is 0 Å². The lowest BCUT2D eigenvalue weighted by Crippen LogP contribution is -2.09. The monoisotopic (exact) mass is 191 g/mol. The first kappa shape index (κ1) is 8.43. The molecule has 5 heteroatoms. The van der Waals surface area contributed by atoms with E-state index >= 15 is 0 Å². The fourth-order valence-electron chi connectivity index (χ4n) is 1.11. The van der Waals surface area contributed by atoms with Crippen LogP contribution in [0.1, 0.15) is 10.7 Å². The molecule has 0 unspecified atom stereocenters. The van der Waals surface area contributed by atoms with Gasteiger partial charge in [-0.3, -0.25) is 0 Å². The fraction of sp³-hybridized carbons (Fsp3) is 0. The molecular weight excluding hydrogens is 186 g/mol. The van der Waals surface area contributed by atoms with Gasteiger partial charge in [-0.1, -0.05) is 12.1 Å². The van der Waals surface area contributed by atoms with Crippen LogP contribution < -0.4 is 5.63 Å².